The number of benzene rings is 2. The second-order valence-electron chi connectivity index (χ2n) is 11.4. The highest BCUT2D eigenvalue weighted by Gasteiger charge is 2.26. The van der Waals surface area contributed by atoms with Crippen LogP contribution in [0.1, 0.15) is 44.0 Å². The van der Waals surface area contributed by atoms with E-state index in [1.54, 1.807) is 16.8 Å². The first-order valence-corrected chi connectivity index (χ1v) is 14.1. The van der Waals surface area contributed by atoms with Crippen molar-refractivity contribution in [3.63, 3.8) is 0 Å². The normalized spacial score (nSPS) is 15.0. The quantitative estimate of drug-likeness (QED) is 0.287. The highest BCUT2D eigenvalue weighted by Crippen LogP contribution is 2.26. The molecule has 1 fully saturated rings. The van der Waals surface area contributed by atoms with Crippen molar-refractivity contribution in [3.8, 4) is 16.8 Å². The van der Waals surface area contributed by atoms with E-state index in [9.17, 15) is 14.4 Å². The van der Waals surface area contributed by atoms with Gasteiger partial charge in [0.1, 0.15) is 17.0 Å². The van der Waals surface area contributed by atoms with Gasteiger partial charge in [-0.2, -0.15) is 4.98 Å². The monoisotopic (exact) mass is 581 g/mol. The zero-order chi connectivity index (χ0) is 30.6. The first kappa shape index (κ1) is 29.3. The molecule has 0 saturated carbocycles. The zero-order valence-electron chi connectivity index (χ0n) is 24.4. The number of nitrogens with two attached hydrogens (primary N) is 1. The number of piperidine rings is 1. The Morgan fingerprint density at radius 2 is 1.74 bits per heavy atom. The number of carbonyl (C=O) groups excluding carboxylic acids is 2. The molecule has 1 saturated heterocycles. The fraction of sp³-hybridized carbons (Fsp3) is 0.281. The number of aromatic nitrogens is 3. The maximum Gasteiger partial charge on any atom is 0.407 e. The predicted molar refractivity (Wildman–Crippen MR) is 166 cm³/mol. The molecule has 1 atom stereocenters. The lowest BCUT2D eigenvalue weighted by atomic mass is 10.1. The van der Waals surface area contributed by atoms with Crippen LogP contribution in [-0.4, -0.2) is 51.3 Å². The Morgan fingerprint density at radius 3 is 2.42 bits per heavy atom. The molecule has 0 aliphatic carbocycles. The van der Waals surface area contributed by atoms with Crippen LogP contribution < -0.4 is 26.8 Å². The van der Waals surface area contributed by atoms with E-state index in [2.05, 4.69) is 20.6 Å². The molecule has 11 nitrogen and oxygen atoms in total. The predicted octanol–water partition coefficient (Wildman–Crippen LogP) is 4.63. The van der Waals surface area contributed by atoms with Crippen LogP contribution in [0.4, 0.5) is 22.2 Å². The number of amides is 2. The fourth-order valence-corrected chi connectivity index (χ4v) is 4.94. The summed E-state index contributed by atoms with van der Waals surface area (Å²) in [4.78, 5) is 49.4. The third-order valence-corrected chi connectivity index (χ3v) is 6.87. The summed E-state index contributed by atoms with van der Waals surface area (Å²) in [5.74, 6) is -0.114. The second kappa shape index (κ2) is 12.4. The average molecular weight is 582 g/mol. The maximum absolute atomic E-state index is 13.6. The minimum absolute atomic E-state index is 0.0999. The molecule has 5 rings (SSSR count). The van der Waals surface area contributed by atoms with Crippen LogP contribution in [0.3, 0.4) is 0 Å². The molecule has 2 aromatic carbocycles. The minimum atomic E-state index is -0.697. The molecule has 4 aromatic rings. The van der Waals surface area contributed by atoms with Crippen LogP contribution in [-0.2, 0) is 4.74 Å². The van der Waals surface area contributed by atoms with Gasteiger partial charge in [0, 0.05) is 42.8 Å². The van der Waals surface area contributed by atoms with Gasteiger partial charge in [-0.25, -0.2) is 9.78 Å². The molecule has 1 aliphatic rings. The van der Waals surface area contributed by atoms with Gasteiger partial charge in [-0.05, 0) is 57.4 Å². The molecule has 0 spiro atoms. The molecule has 0 bridgehead atoms. The number of nitrogens with one attached hydrogen (secondary N) is 2. The summed E-state index contributed by atoms with van der Waals surface area (Å²) < 4.78 is 6.96. The van der Waals surface area contributed by atoms with Gasteiger partial charge in [0.15, 0.2) is 0 Å². The van der Waals surface area contributed by atoms with Crippen LogP contribution >= 0.6 is 0 Å². The summed E-state index contributed by atoms with van der Waals surface area (Å²) in [7, 11) is 0. The lowest BCUT2D eigenvalue weighted by molar-refractivity contribution is 0.0499. The topological polar surface area (TPSA) is 144 Å². The van der Waals surface area contributed by atoms with Gasteiger partial charge in [0.05, 0.1) is 5.69 Å². The van der Waals surface area contributed by atoms with Crippen molar-refractivity contribution < 1.29 is 14.3 Å². The molecule has 2 amide bonds. The molecule has 1 aliphatic heterocycles. The number of primary amides is 1. The zero-order valence-corrected chi connectivity index (χ0v) is 24.4. The number of carbonyl (C=O) groups is 2. The molecule has 11 heteroatoms. The number of hydrogen-bond donors (Lipinski definition) is 3. The van der Waals surface area contributed by atoms with Crippen molar-refractivity contribution in [2.75, 3.05) is 23.3 Å². The molecule has 4 N–H and O–H groups in total. The number of anilines is 3. The van der Waals surface area contributed by atoms with E-state index in [4.69, 9.17) is 10.5 Å². The van der Waals surface area contributed by atoms with Gasteiger partial charge in [-0.1, -0.05) is 48.5 Å². The first-order valence-electron chi connectivity index (χ1n) is 14.1. The number of alkyl carbamates (subject to hydrolysis) is 1. The van der Waals surface area contributed by atoms with Gasteiger partial charge in [-0.3, -0.25) is 14.2 Å². The maximum atomic E-state index is 13.6. The minimum Gasteiger partial charge on any atom is -0.444 e. The molecule has 2 aromatic heterocycles. The summed E-state index contributed by atoms with van der Waals surface area (Å²) in [6.07, 6.45) is 4.16. The van der Waals surface area contributed by atoms with Crippen LogP contribution in [0.25, 0.3) is 16.8 Å². The van der Waals surface area contributed by atoms with E-state index >= 15 is 0 Å². The number of rotatable bonds is 7. The molecule has 3 heterocycles. The number of ether oxygens (including phenoxy) is 1. The number of para-hydroxylation sites is 1. The Kier molecular flexibility index (Phi) is 8.42. The number of nitrogens with zero attached hydrogens (tertiary/aromatic N) is 4. The van der Waals surface area contributed by atoms with Gasteiger partial charge in [0.2, 0.25) is 5.95 Å². The Balaban J connectivity index is 1.48. The Hall–Kier alpha value is -5.19. The van der Waals surface area contributed by atoms with Crippen LogP contribution in [0.5, 0.6) is 0 Å². The SMILES string of the molecule is CC(C)(C)OC(=O)N[C@H]1CCCN(c2ncc(C(N)=O)c(Nc3cc(-c4ccccc4)c(=O)n(-c4ccccc4)c3)n2)C1. The van der Waals surface area contributed by atoms with E-state index in [-0.39, 0.29) is 23.0 Å². The Labute approximate surface area is 249 Å². The van der Waals surface area contributed by atoms with Crippen molar-refractivity contribution in [2.24, 2.45) is 5.73 Å². The van der Waals surface area contributed by atoms with Gasteiger partial charge >= 0.3 is 6.09 Å². The van der Waals surface area contributed by atoms with Crippen molar-refractivity contribution in [1.29, 1.82) is 0 Å². The van der Waals surface area contributed by atoms with E-state index in [0.717, 1.165) is 18.4 Å². The number of hydrogen-bond acceptors (Lipinski definition) is 8. The van der Waals surface area contributed by atoms with Gasteiger partial charge < -0.3 is 26.0 Å². The standard InChI is InChI=1S/C32H35N7O4/c1-32(2,3)43-31(42)36-22-13-10-16-38(19-22)30-34-18-26(27(33)40)28(37-30)35-23-17-25(21-11-6-4-7-12-21)29(41)39(20-23)24-14-8-5-9-15-24/h4-9,11-12,14-15,17-18,20,22H,10,13,16,19H2,1-3H3,(H2,33,40)(H,36,42)(H,34,35,37)/t22-/m0/s1. The van der Waals surface area contributed by atoms with Crippen molar-refractivity contribution >= 4 is 29.5 Å². The lowest BCUT2D eigenvalue weighted by Crippen LogP contribution is -2.49. The summed E-state index contributed by atoms with van der Waals surface area (Å²) >= 11 is 0. The highest BCUT2D eigenvalue weighted by molar-refractivity contribution is 5.98. The molecule has 43 heavy (non-hydrogen) atoms. The molecule has 0 unspecified atom stereocenters. The smallest absolute Gasteiger partial charge is 0.407 e. The summed E-state index contributed by atoms with van der Waals surface area (Å²) in [6.45, 7) is 6.58. The van der Waals surface area contributed by atoms with Gasteiger partial charge in [0.25, 0.3) is 11.5 Å². The van der Waals surface area contributed by atoms with Crippen LogP contribution in [0.2, 0.25) is 0 Å². The van der Waals surface area contributed by atoms with E-state index in [1.165, 1.54) is 6.20 Å². The molecular formula is C32H35N7O4. The fourth-order valence-electron chi connectivity index (χ4n) is 4.94. The van der Waals surface area contributed by atoms with Gasteiger partial charge in [-0.15, -0.1) is 0 Å². The van der Waals surface area contributed by atoms with Crippen LogP contribution in [0.15, 0.2) is 83.9 Å². The molecule has 0 radical (unpaired) electrons. The molecular weight excluding hydrogens is 546 g/mol. The van der Waals surface area contributed by atoms with E-state index < -0.39 is 17.6 Å². The van der Waals surface area contributed by atoms with E-state index in [1.807, 2.05) is 86.3 Å². The van der Waals surface area contributed by atoms with Crippen molar-refractivity contribution in [2.45, 2.75) is 45.3 Å². The lowest BCUT2D eigenvalue weighted by Gasteiger charge is -2.33. The summed E-state index contributed by atoms with van der Waals surface area (Å²) in [6, 6.07) is 20.2. The Bertz CT molecular complexity index is 1600. The van der Waals surface area contributed by atoms with Crippen LogP contribution in [0, 0.1) is 0 Å². The molecule has 222 valence electrons. The van der Waals surface area contributed by atoms with Crippen molar-refractivity contribution in [3.05, 3.63) is 95.0 Å². The first-order chi connectivity index (χ1) is 20.6. The second-order valence-corrected chi connectivity index (χ2v) is 11.4. The third-order valence-electron chi connectivity index (χ3n) is 6.87. The largest absolute Gasteiger partial charge is 0.444 e. The van der Waals surface area contributed by atoms with E-state index in [0.29, 0.717) is 36.0 Å². The number of pyridine rings is 1. The Morgan fingerprint density at radius 1 is 1.05 bits per heavy atom. The highest BCUT2D eigenvalue weighted by atomic mass is 16.6. The average Bonchev–Trinajstić information content (AvgIpc) is 2.98. The van der Waals surface area contributed by atoms with Crippen molar-refractivity contribution in [1.82, 2.24) is 19.9 Å². The summed E-state index contributed by atoms with van der Waals surface area (Å²) in [5, 5.41) is 6.15. The summed E-state index contributed by atoms with van der Waals surface area (Å²) in [5.41, 5.74) is 7.43. The third kappa shape index (κ3) is 7.18.